The first-order valence-electron chi connectivity index (χ1n) is 4.78. The van der Waals surface area contributed by atoms with Crippen molar-refractivity contribution >= 4 is 115 Å². The molecule has 13 heteroatoms. The molecule has 0 aliphatic rings. The Morgan fingerprint density at radius 3 is 0.905 bits per heavy atom. The van der Waals surface area contributed by atoms with Gasteiger partial charge in [0.15, 0.2) is 0 Å². The largest absolute Gasteiger partial charge is 2.00 e. The van der Waals surface area contributed by atoms with Gasteiger partial charge in [0.05, 0.1) is 0 Å². The zero-order valence-corrected chi connectivity index (χ0v) is 19.1. The van der Waals surface area contributed by atoms with E-state index in [1.165, 1.54) is 23.5 Å². The van der Waals surface area contributed by atoms with E-state index in [-0.39, 0.29) is 25.7 Å². The third-order valence-corrected chi connectivity index (χ3v) is 2.43. The number of hydrogen-bond donors (Lipinski definition) is 4. The summed E-state index contributed by atoms with van der Waals surface area (Å²) in [6.07, 6.45) is 0. The Kier molecular flexibility index (Phi) is 47.0. The van der Waals surface area contributed by atoms with Crippen LogP contribution in [0.5, 0.6) is 0 Å². The second-order valence-corrected chi connectivity index (χ2v) is 8.43. The van der Waals surface area contributed by atoms with Crippen molar-refractivity contribution in [1.82, 2.24) is 0 Å². The van der Waals surface area contributed by atoms with Gasteiger partial charge in [-0.15, -0.1) is 0 Å². The molecule has 0 saturated carbocycles. The van der Waals surface area contributed by atoms with Gasteiger partial charge < -0.3 is 72.6 Å². The minimum Gasteiger partial charge on any atom is -0.415 e. The summed E-state index contributed by atoms with van der Waals surface area (Å²) in [5.41, 5.74) is 19.5. The Morgan fingerprint density at radius 1 is 0.762 bits per heavy atom. The van der Waals surface area contributed by atoms with Crippen LogP contribution in [0.1, 0.15) is 13.8 Å². The molecule has 0 rings (SSSR count). The van der Waals surface area contributed by atoms with Crippen LogP contribution in [0.3, 0.4) is 0 Å². The first-order chi connectivity index (χ1) is 9.00. The molecule has 125 valence electrons. The summed E-state index contributed by atoms with van der Waals surface area (Å²) in [6, 6.07) is 0. The maximum Gasteiger partial charge on any atom is 2.00 e. The van der Waals surface area contributed by atoms with E-state index in [4.69, 9.17) is 11.5 Å². The monoisotopic (exact) mass is 481 g/mol. The van der Waals surface area contributed by atoms with Crippen LogP contribution >= 0.6 is 72.4 Å². The Labute approximate surface area is 178 Å². The van der Waals surface area contributed by atoms with Crippen LogP contribution < -0.4 is 22.9 Å². The number of thioether (sulfide) groups is 2. The SMILES string of the molecule is CCSC(N)=S.CCSC(N)=S.NC(=S)[S-].NC(=S)[S-].[Mn+2]. The fourth-order valence-electron chi connectivity index (χ4n) is 0.285. The minimum atomic E-state index is 0. The van der Waals surface area contributed by atoms with Gasteiger partial charge in [-0.25, -0.2) is 0 Å². The fourth-order valence-corrected chi connectivity index (χ4v) is 1.56. The molecule has 0 heterocycles. The van der Waals surface area contributed by atoms with Gasteiger partial charge in [0, 0.05) is 0 Å². The van der Waals surface area contributed by atoms with Crippen LogP contribution in [0.4, 0.5) is 0 Å². The summed E-state index contributed by atoms with van der Waals surface area (Å²) < 4.78 is 1.25. The number of rotatable bonds is 2. The van der Waals surface area contributed by atoms with E-state index in [0.717, 1.165) is 11.5 Å². The molecule has 0 atom stereocenters. The maximum absolute atomic E-state index is 5.10. The molecule has 0 bridgehead atoms. The van der Waals surface area contributed by atoms with Gasteiger partial charge in [0.1, 0.15) is 8.64 Å². The predicted molar refractivity (Wildman–Crippen MR) is 118 cm³/mol. The molecule has 0 aromatic carbocycles. The van der Waals surface area contributed by atoms with E-state index in [2.05, 4.69) is 85.6 Å². The van der Waals surface area contributed by atoms with Crippen LogP contribution in [0.2, 0.25) is 0 Å². The van der Waals surface area contributed by atoms with Gasteiger partial charge in [-0.3, -0.25) is 0 Å². The van der Waals surface area contributed by atoms with Crippen LogP contribution in [0.25, 0.3) is 0 Å². The van der Waals surface area contributed by atoms with Crippen molar-refractivity contribution in [2.45, 2.75) is 13.8 Å². The Bertz CT molecular complexity index is 253. The van der Waals surface area contributed by atoms with Gasteiger partial charge in [0.25, 0.3) is 0 Å². The molecule has 0 unspecified atom stereocenters. The van der Waals surface area contributed by atoms with Crippen molar-refractivity contribution in [2.75, 3.05) is 11.5 Å². The van der Waals surface area contributed by atoms with E-state index in [0.29, 0.717) is 8.64 Å². The summed E-state index contributed by atoms with van der Waals surface area (Å²) in [7, 11) is 0. The second kappa shape index (κ2) is 29.3. The molecule has 0 aromatic rings. The minimum absolute atomic E-state index is 0. The number of hydrogen-bond acceptors (Lipinski definition) is 8. The normalized spacial score (nSPS) is 6.95. The van der Waals surface area contributed by atoms with Gasteiger partial charge in [-0.1, -0.05) is 70.4 Å². The topological polar surface area (TPSA) is 104 Å². The molecule has 1 radical (unpaired) electrons. The molecule has 21 heavy (non-hydrogen) atoms. The van der Waals surface area contributed by atoms with E-state index in [9.17, 15) is 0 Å². The second-order valence-electron chi connectivity index (χ2n) is 2.14. The van der Waals surface area contributed by atoms with Crippen molar-refractivity contribution in [1.29, 1.82) is 0 Å². The molecule has 0 aliphatic heterocycles. The van der Waals surface area contributed by atoms with Crippen molar-refractivity contribution in [3.8, 4) is 0 Å². The molecule has 0 spiro atoms. The van der Waals surface area contributed by atoms with Crippen LogP contribution in [0.15, 0.2) is 0 Å². The van der Waals surface area contributed by atoms with Gasteiger partial charge in [0.2, 0.25) is 0 Å². The smallest absolute Gasteiger partial charge is 0.415 e. The van der Waals surface area contributed by atoms with Crippen LogP contribution in [0, 0.1) is 0 Å². The third-order valence-electron chi connectivity index (χ3n) is 0.573. The summed E-state index contributed by atoms with van der Waals surface area (Å²) >= 11 is 28.6. The summed E-state index contributed by atoms with van der Waals surface area (Å²) in [5, 5.41) is 0. The number of thiocarbonyl (C=S) groups is 4. The summed E-state index contributed by atoms with van der Waals surface area (Å²) in [5.74, 6) is 1.96. The van der Waals surface area contributed by atoms with Crippen molar-refractivity contribution < 1.29 is 17.1 Å². The molecule has 4 nitrogen and oxygen atoms in total. The van der Waals surface area contributed by atoms with Crippen LogP contribution in [-0.4, -0.2) is 28.8 Å². The average Bonchev–Trinajstić information content (AvgIpc) is 2.15. The van der Waals surface area contributed by atoms with Crippen molar-refractivity contribution in [3.63, 3.8) is 0 Å². The number of nitrogens with two attached hydrogens (primary N) is 4. The van der Waals surface area contributed by atoms with E-state index in [1.807, 2.05) is 13.8 Å². The zero-order valence-electron chi connectivity index (χ0n) is 11.4. The quantitative estimate of drug-likeness (QED) is 0.261. The first-order valence-corrected chi connectivity index (χ1v) is 9.20. The standard InChI is InChI=1S/2C3H7NS2.2CH3NS2.Mn/c2*1-2-6-3(4)5;2*2-1(3)4;/h2*2H2,1H3,(H2,4,5);2*(H3,2,3,4);/q;;;;+2/p-2. The van der Waals surface area contributed by atoms with Gasteiger partial charge >= 0.3 is 17.1 Å². The summed E-state index contributed by atoms with van der Waals surface area (Å²) in [6.45, 7) is 4.04. The van der Waals surface area contributed by atoms with Crippen molar-refractivity contribution in [2.24, 2.45) is 22.9 Å². The maximum atomic E-state index is 5.10. The van der Waals surface area contributed by atoms with Gasteiger partial charge in [-0.05, 0) is 11.5 Å². The molecule has 0 fully saturated rings. The Hall–Kier alpha value is 1.22. The first kappa shape index (κ1) is 33.7. The molecule has 0 aliphatic carbocycles. The van der Waals surface area contributed by atoms with Crippen LogP contribution in [-0.2, 0) is 42.3 Å². The molecule has 8 N–H and O–H groups in total. The molecule has 0 saturated heterocycles. The Balaban J connectivity index is -0.0000000544. The predicted octanol–water partition coefficient (Wildman–Crippen LogP) is 1.52. The molecular weight excluding hydrogens is 464 g/mol. The third kappa shape index (κ3) is 150. The molecule has 0 aromatic heterocycles. The van der Waals surface area contributed by atoms with E-state index >= 15 is 0 Å². The molecular formula is C8H18MnN4S8. The van der Waals surface area contributed by atoms with Crippen molar-refractivity contribution in [3.05, 3.63) is 0 Å². The average molecular weight is 482 g/mol. The summed E-state index contributed by atoms with van der Waals surface area (Å²) in [4.78, 5) is 0. The van der Waals surface area contributed by atoms with Gasteiger partial charge in [-0.2, -0.15) is 0 Å². The van der Waals surface area contributed by atoms with E-state index in [1.54, 1.807) is 0 Å². The zero-order chi connectivity index (χ0) is 17.1. The molecule has 0 amide bonds. The fraction of sp³-hybridized carbons (Fsp3) is 0.500. The Morgan fingerprint density at radius 2 is 0.905 bits per heavy atom. The van der Waals surface area contributed by atoms with E-state index < -0.39 is 0 Å².